The van der Waals surface area contributed by atoms with Gasteiger partial charge in [0.15, 0.2) is 0 Å². The summed E-state index contributed by atoms with van der Waals surface area (Å²) >= 11 is 3.46. The van der Waals surface area contributed by atoms with Crippen LogP contribution in [0.1, 0.15) is 81.3 Å². The van der Waals surface area contributed by atoms with Gasteiger partial charge >= 0.3 is 0 Å². The second-order valence-corrected chi connectivity index (χ2v) is 14.8. The summed E-state index contributed by atoms with van der Waals surface area (Å²) in [5, 5.41) is 5.92. The number of nitrogens with zero attached hydrogens (tertiary/aromatic N) is 4. The van der Waals surface area contributed by atoms with Crippen molar-refractivity contribution in [3.63, 3.8) is 0 Å². The summed E-state index contributed by atoms with van der Waals surface area (Å²) in [6.45, 7) is 3.46. The number of amides is 4. The predicted molar refractivity (Wildman–Crippen MR) is 188 cm³/mol. The molecular formula is C37H41BrN6O5. The van der Waals surface area contributed by atoms with Crippen molar-refractivity contribution in [1.82, 2.24) is 24.6 Å². The SMILES string of the molecule is CN1C[C@H](Nc2ccn(C)c(=O)c2Br)C[C@H](c2ccc(C(=O)N3CCC(c4ccc5c(c4)CN(C4CCC(=O)NC4=O)C5=O)CC3)cc2)C1. The zero-order chi connectivity index (χ0) is 34.4. The van der Waals surface area contributed by atoms with Crippen LogP contribution >= 0.6 is 15.9 Å². The molecule has 0 bridgehead atoms. The number of fused-ring (bicyclic) bond motifs is 1. The van der Waals surface area contributed by atoms with Crippen LogP contribution in [0.15, 0.2) is 64.0 Å². The summed E-state index contributed by atoms with van der Waals surface area (Å²) in [6, 6.07) is 15.5. The number of benzene rings is 2. The molecule has 1 unspecified atom stereocenters. The summed E-state index contributed by atoms with van der Waals surface area (Å²) < 4.78 is 2.09. The van der Waals surface area contributed by atoms with Gasteiger partial charge in [-0.25, -0.2) is 0 Å². The molecule has 0 aliphatic carbocycles. The van der Waals surface area contributed by atoms with Crippen LogP contribution in [0.4, 0.5) is 5.69 Å². The first-order chi connectivity index (χ1) is 23.5. The molecule has 4 aliphatic rings. The standard InChI is InChI=1S/C37H41BrN6O5/c1-41-19-26(18-28(21-41)39-30-13-14-42(2)37(49)33(30)38)22-3-5-24(6-4-22)35(47)43-15-11-23(12-16-43)25-7-8-29-27(17-25)20-44(36(29)48)31-9-10-32(45)40-34(31)46/h3-8,13-14,17,23,26,28,31,39H,9-12,15-16,18-21H2,1-2H3,(H,40,45,46)/t26-,28+,31?/m0/s1. The Balaban J connectivity index is 0.946. The fourth-order valence-electron chi connectivity index (χ4n) is 7.94. The Bertz CT molecular complexity index is 1870. The van der Waals surface area contributed by atoms with E-state index in [4.69, 9.17) is 0 Å². The third-order valence-corrected chi connectivity index (χ3v) is 11.4. The van der Waals surface area contributed by atoms with E-state index in [1.165, 1.54) is 5.56 Å². The monoisotopic (exact) mass is 728 g/mol. The van der Waals surface area contributed by atoms with Crippen LogP contribution in [-0.2, 0) is 23.2 Å². The molecule has 256 valence electrons. The van der Waals surface area contributed by atoms with Crippen LogP contribution in [0.5, 0.6) is 0 Å². The normalized spacial score (nSPS) is 23.4. The van der Waals surface area contributed by atoms with Crippen molar-refractivity contribution in [3.05, 3.63) is 97.4 Å². The van der Waals surface area contributed by atoms with Crippen molar-refractivity contribution in [2.24, 2.45) is 7.05 Å². The van der Waals surface area contributed by atoms with Gasteiger partial charge in [0.1, 0.15) is 10.5 Å². The number of nitrogens with one attached hydrogen (secondary N) is 2. The number of likely N-dealkylation sites (tertiary alicyclic amines) is 2. The molecule has 11 nitrogen and oxygen atoms in total. The van der Waals surface area contributed by atoms with E-state index in [-0.39, 0.29) is 41.7 Å². The first-order valence-corrected chi connectivity index (χ1v) is 17.8. The number of imide groups is 1. The number of hydrogen-bond donors (Lipinski definition) is 2. The van der Waals surface area contributed by atoms with Crippen LogP contribution < -0.4 is 16.2 Å². The first-order valence-electron chi connectivity index (χ1n) is 17.0. The van der Waals surface area contributed by atoms with Crippen molar-refractivity contribution in [2.45, 2.75) is 62.6 Å². The lowest BCUT2D eigenvalue weighted by Gasteiger charge is -2.37. The third kappa shape index (κ3) is 6.68. The first kappa shape index (κ1) is 33.2. The molecule has 3 atom stereocenters. The second kappa shape index (κ2) is 13.5. The van der Waals surface area contributed by atoms with Gasteiger partial charge in [-0.1, -0.05) is 24.3 Å². The van der Waals surface area contributed by atoms with Crippen molar-refractivity contribution in [3.8, 4) is 0 Å². The Hall–Kier alpha value is -4.29. The van der Waals surface area contributed by atoms with Gasteiger partial charge in [-0.15, -0.1) is 0 Å². The molecule has 1 aromatic heterocycles. The van der Waals surface area contributed by atoms with Gasteiger partial charge in [0.25, 0.3) is 17.4 Å². The van der Waals surface area contributed by atoms with E-state index in [1.807, 2.05) is 35.2 Å². The molecule has 0 radical (unpaired) electrons. The number of piperidine rings is 3. The fraction of sp³-hybridized carbons (Fsp3) is 0.432. The lowest BCUT2D eigenvalue weighted by molar-refractivity contribution is -0.136. The van der Waals surface area contributed by atoms with Crippen molar-refractivity contribution < 1.29 is 19.2 Å². The molecule has 4 aliphatic heterocycles. The number of rotatable bonds is 6. The summed E-state index contributed by atoms with van der Waals surface area (Å²) in [5.74, 6) is -0.248. The summed E-state index contributed by atoms with van der Waals surface area (Å²) in [5.41, 5.74) is 5.30. The minimum Gasteiger partial charge on any atom is -0.380 e. The molecule has 0 saturated carbocycles. The van der Waals surface area contributed by atoms with Crippen molar-refractivity contribution in [1.29, 1.82) is 0 Å². The Labute approximate surface area is 293 Å². The molecule has 3 aromatic rings. The maximum atomic E-state index is 13.5. The number of pyridine rings is 1. The smallest absolute Gasteiger partial charge is 0.266 e. The van der Waals surface area contributed by atoms with Crippen molar-refractivity contribution >= 4 is 45.2 Å². The minimum atomic E-state index is -0.623. The van der Waals surface area contributed by atoms with Crippen LogP contribution in [0, 0.1) is 0 Å². The van der Waals surface area contributed by atoms with E-state index in [0.29, 0.717) is 47.6 Å². The molecule has 3 saturated heterocycles. The highest BCUT2D eigenvalue weighted by Gasteiger charge is 2.39. The maximum absolute atomic E-state index is 13.5. The van der Waals surface area contributed by atoms with Crippen molar-refractivity contribution in [2.75, 3.05) is 38.5 Å². The maximum Gasteiger partial charge on any atom is 0.266 e. The molecule has 0 spiro atoms. The van der Waals surface area contributed by atoms with Gasteiger partial charge in [-0.2, -0.15) is 0 Å². The second-order valence-electron chi connectivity index (χ2n) is 14.0. The molecule has 12 heteroatoms. The lowest BCUT2D eigenvalue weighted by Crippen LogP contribution is -2.52. The topological polar surface area (TPSA) is 124 Å². The molecule has 2 N–H and O–H groups in total. The van der Waals surface area contributed by atoms with Crippen LogP contribution in [0.3, 0.4) is 0 Å². The highest BCUT2D eigenvalue weighted by molar-refractivity contribution is 9.10. The van der Waals surface area contributed by atoms with Crippen LogP contribution in [0.25, 0.3) is 0 Å². The summed E-state index contributed by atoms with van der Waals surface area (Å²) in [6.07, 6.45) is 4.93. The minimum absolute atomic E-state index is 0.0419. The number of aromatic nitrogens is 1. The van der Waals surface area contributed by atoms with Gasteiger partial charge in [-0.3, -0.25) is 29.3 Å². The quantitative estimate of drug-likeness (QED) is 0.370. The van der Waals surface area contributed by atoms with E-state index >= 15 is 0 Å². The number of anilines is 1. The predicted octanol–water partition coefficient (Wildman–Crippen LogP) is 3.83. The zero-order valence-electron chi connectivity index (χ0n) is 27.8. The molecule has 3 fully saturated rings. The molecule has 49 heavy (non-hydrogen) atoms. The number of hydrogen-bond acceptors (Lipinski definition) is 7. The van der Waals surface area contributed by atoms with E-state index in [0.717, 1.165) is 49.2 Å². The summed E-state index contributed by atoms with van der Waals surface area (Å²) in [4.78, 5) is 68.8. The van der Waals surface area contributed by atoms with E-state index in [2.05, 4.69) is 56.7 Å². The molecule has 7 rings (SSSR count). The van der Waals surface area contributed by atoms with Crippen LogP contribution in [0.2, 0.25) is 0 Å². The molecule has 5 heterocycles. The Morgan fingerprint density at radius 1 is 0.898 bits per heavy atom. The highest BCUT2D eigenvalue weighted by atomic mass is 79.9. The van der Waals surface area contributed by atoms with Gasteiger partial charge in [-0.05, 0) is 101 Å². The van der Waals surface area contributed by atoms with Gasteiger partial charge in [0.05, 0.1) is 5.69 Å². The number of carbonyl (C=O) groups is 4. The van der Waals surface area contributed by atoms with Gasteiger partial charge in [0, 0.05) is 69.6 Å². The number of halogens is 1. The average Bonchev–Trinajstić information content (AvgIpc) is 3.43. The summed E-state index contributed by atoms with van der Waals surface area (Å²) in [7, 11) is 3.85. The van der Waals surface area contributed by atoms with Gasteiger partial charge < -0.3 is 24.6 Å². The zero-order valence-corrected chi connectivity index (χ0v) is 29.4. The molecule has 4 amide bonds. The van der Waals surface area contributed by atoms with E-state index < -0.39 is 11.9 Å². The van der Waals surface area contributed by atoms with Gasteiger partial charge in [0.2, 0.25) is 11.8 Å². The third-order valence-electron chi connectivity index (χ3n) is 10.6. The highest BCUT2D eigenvalue weighted by Crippen LogP contribution is 2.35. The fourth-order valence-corrected chi connectivity index (χ4v) is 8.47. The Morgan fingerprint density at radius 2 is 1.63 bits per heavy atom. The average molecular weight is 730 g/mol. The molecular weight excluding hydrogens is 688 g/mol. The Morgan fingerprint density at radius 3 is 2.37 bits per heavy atom. The van der Waals surface area contributed by atoms with E-state index in [9.17, 15) is 24.0 Å². The lowest BCUT2D eigenvalue weighted by atomic mass is 9.87. The molecule has 2 aromatic carbocycles. The number of aryl methyl sites for hydroxylation is 1. The largest absolute Gasteiger partial charge is 0.380 e. The number of carbonyl (C=O) groups excluding carboxylic acids is 4. The Kier molecular flexibility index (Phi) is 9.19. The van der Waals surface area contributed by atoms with Crippen LogP contribution in [-0.4, -0.2) is 88.2 Å². The van der Waals surface area contributed by atoms with E-state index in [1.54, 1.807) is 22.7 Å². The number of likely N-dealkylation sites (N-methyl/N-ethyl adjacent to an activating group) is 1.